The Balaban J connectivity index is 1.54. The Kier molecular flexibility index (Phi) is 3.37. The first-order valence-corrected chi connectivity index (χ1v) is 8.50. The highest BCUT2D eigenvalue weighted by Gasteiger charge is 2.43. The Morgan fingerprint density at radius 2 is 2.09 bits per heavy atom. The molecule has 0 spiro atoms. The summed E-state index contributed by atoms with van der Waals surface area (Å²) in [5, 5.41) is 3.19. The highest BCUT2D eigenvalue weighted by Crippen LogP contribution is 2.48. The molecule has 2 aromatic rings. The van der Waals surface area contributed by atoms with Crippen molar-refractivity contribution in [3.05, 3.63) is 23.8 Å². The van der Waals surface area contributed by atoms with E-state index in [9.17, 15) is 18.0 Å². The third-order valence-electron chi connectivity index (χ3n) is 5.02. The van der Waals surface area contributed by atoms with Crippen LogP contribution in [0.4, 0.5) is 18.3 Å². The summed E-state index contributed by atoms with van der Waals surface area (Å²) in [6.45, 7) is 0. The Hall–Kier alpha value is -1.63. The quantitative estimate of drug-likeness (QED) is 0.862. The zero-order valence-corrected chi connectivity index (χ0v) is 13.0. The minimum atomic E-state index is -4.37. The van der Waals surface area contributed by atoms with E-state index < -0.39 is 11.7 Å². The van der Waals surface area contributed by atoms with Crippen LogP contribution in [-0.4, -0.2) is 10.9 Å². The van der Waals surface area contributed by atoms with Crippen LogP contribution in [-0.2, 0) is 11.0 Å². The largest absolute Gasteiger partial charge is 0.416 e. The zero-order chi connectivity index (χ0) is 16.2. The third-order valence-corrected chi connectivity index (χ3v) is 5.95. The Morgan fingerprint density at radius 3 is 2.74 bits per heavy atom. The number of hydrogen-bond donors (Lipinski definition) is 1. The van der Waals surface area contributed by atoms with Gasteiger partial charge in [0.15, 0.2) is 5.13 Å². The standard InChI is InChI=1S/C16H15F3N2OS/c17-16(18,19)10-3-4-12-13(7-10)23-15(20-12)21-14(22)11-6-8-1-2-9(11)5-8/h3-4,7-9,11H,1-2,5-6H2,(H,20,21,22). The predicted octanol–water partition coefficient (Wildman–Crippen LogP) is 4.69. The van der Waals surface area contributed by atoms with E-state index >= 15 is 0 Å². The highest BCUT2D eigenvalue weighted by molar-refractivity contribution is 7.22. The molecule has 3 nitrogen and oxygen atoms in total. The van der Waals surface area contributed by atoms with Crippen LogP contribution in [0.3, 0.4) is 0 Å². The van der Waals surface area contributed by atoms with Crippen LogP contribution in [0, 0.1) is 17.8 Å². The molecule has 122 valence electrons. The van der Waals surface area contributed by atoms with Gasteiger partial charge in [0.25, 0.3) is 0 Å². The number of alkyl halides is 3. The van der Waals surface area contributed by atoms with Gasteiger partial charge in [-0.1, -0.05) is 17.8 Å². The second kappa shape index (κ2) is 5.19. The zero-order valence-electron chi connectivity index (χ0n) is 12.2. The number of nitrogens with one attached hydrogen (secondary N) is 1. The SMILES string of the molecule is O=C(Nc1nc2ccc(C(F)(F)F)cc2s1)C1CC2CCC1C2. The van der Waals surface area contributed by atoms with Gasteiger partial charge in [-0.05, 0) is 49.3 Å². The highest BCUT2D eigenvalue weighted by atomic mass is 32.1. The van der Waals surface area contributed by atoms with E-state index in [4.69, 9.17) is 0 Å². The smallest absolute Gasteiger partial charge is 0.302 e. The molecule has 2 aliphatic rings. The second-order valence-corrected chi connectivity index (χ2v) is 7.50. The van der Waals surface area contributed by atoms with Gasteiger partial charge in [-0.15, -0.1) is 0 Å². The molecule has 23 heavy (non-hydrogen) atoms. The van der Waals surface area contributed by atoms with E-state index in [0.29, 0.717) is 27.2 Å². The van der Waals surface area contributed by atoms with Crippen molar-refractivity contribution in [1.82, 2.24) is 4.98 Å². The maximum Gasteiger partial charge on any atom is 0.416 e. The van der Waals surface area contributed by atoms with Crippen LogP contribution >= 0.6 is 11.3 Å². The maximum atomic E-state index is 12.7. The van der Waals surface area contributed by atoms with Gasteiger partial charge in [0.1, 0.15) is 0 Å². The van der Waals surface area contributed by atoms with Crippen molar-refractivity contribution in [1.29, 1.82) is 0 Å². The van der Waals surface area contributed by atoms with Gasteiger partial charge in [0.05, 0.1) is 15.8 Å². The molecule has 0 radical (unpaired) electrons. The minimum Gasteiger partial charge on any atom is -0.302 e. The number of amides is 1. The molecule has 0 saturated heterocycles. The Labute approximate surface area is 134 Å². The summed E-state index contributed by atoms with van der Waals surface area (Å²) >= 11 is 1.09. The number of carbonyl (C=O) groups excluding carboxylic acids is 1. The first kappa shape index (κ1) is 14.9. The molecule has 3 unspecified atom stereocenters. The van der Waals surface area contributed by atoms with Crippen molar-refractivity contribution < 1.29 is 18.0 Å². The van der Waals surface area contributed by atoms with Crippen molar-refractivity contribution in [2.24, 2.45) is 17.8 Å². The number of rotatable bonds is 2. The van der Waals surface area contributed by atoms with Crippen LogP contribution in [0.5, 0.6) is 0 Å². The molecular weight excluding hydrogens is 325 g/mol. The van der Waals surface area contributed by atoms with E-state index in [0.717, 1.165) is 42.7 Å². The summed E-state index contributed by atoms with van der Waals surface area (Å²) in [6, 6.07) is 3.45. The lowest BCUT2D eigenvalue weighted by molar-refractivity contribution is -0.137. The summed E-state index contributed by atoms with van der Waals surface area (Å²) in [5.41, 5.74) is -0.217. The van der Waals surface area contributed by atoms with Crippen LogP contribution < -0.4 is 5.32 Å². The van der Waals surface area contributed by atoms with Crippen LogP contribution in [0.1, 0.15) is 31.2 Å². The number of aromatic nitrogens is 1. The molecular formula is C16H15F3N2OS. The predicted molar refractivity (Wildman–Crippen MR) is 82.2 cm³/mol. The Bertz CT molecular complexity index is 770. The molecule has 1 heterocycles. The van der Waals surface area contributed by atoms with E-state index in [-0.39, 0.29) is 11.8 Å². The number of benzene rings is 1. The lowest BCUT2D eigenvalue weighted by Crippen LogP contribution is -2.27. The minimum absolute atomic E-state index is 0.0338. The molecule has 2 bridgehead atoms. The van der Waals surface area contributed by atoms with Crippen molar-refractivity contribution in [3.63, 3.8) is 0 Å². The van der Waals surface area contributed by atoms with Crippen molar-refractivity contribution in [2.75, 3.05) is 5.32 Å². The first-order chi connectivity index (χ1) is 10.9. The summed E-state index contributed by atoms with van der Waals surface area (Å²) in [6.07, 6.45) is 0.0184. The summed E-state index contributed by atoms with van der Waals surface area (Å²) in [4.78, 5) is 16.6. The lowest BCUT2D eigenvalue weighted by atomic mass is 9.88. The van der Waals surface area contributed by atoms with Gasteiger partial charge in [0.2, 0.25) is 5.91 Å². The van der Waals surface area contributed by atoms with Crippen LogP contribution in [0.25, 0.3) is 10.2 Å². The van der Waals surface area contributed by atoms with Crippen molar-refractivity contribution in [3.8, 4) is 0 Å². The lowest BCUT2D eigenvalue weighted by Gasteiger charge is -2.19. The van der Waals surface area contributed by atoms with Gasteiger partial charge in [-0.3, -0.25) is 4.79 Å². The normalized spacial score (nSPS) is 26.8. The summed E-state index contributed by atoms with van der Waals surface area (Å²) < 4.78 is 38.6. The fourth-order valence-electron chi connectivity index (χ4n) is 3.92. The van der Waals surface area contributed by atoms with Crippen LogP contribution in [0.2, 0.25) is 0 Å². The van der Waals surface area contributed by atoms with E-state index in [2.05, 4.69) is 10.3 Å². The molecule has 7 heteroatoms. The van der Waals surface area contributed by atoms with E-state index in [1.165, 1.54) is 12.5 Å². The van der Waals surface area contributed by atoms with Crippen LogP contribution in [0.15, 0.2) is 18.2 Å². The average molecular weight is 340 g/mol. The molecule has 1 amide bonds. The van der Waals surface area contributed by atoms with Gasteiger partial charge in [-0.25, -0.2) is 4.98 Å². The molecule has 1 aromatic carbocycles. The number of thiazole rings is 1. The number of carbonyl (C=O) groups is 1. The molecule has 2 fully saturated rings. The first-order valence-electron chi connectivity index (χ1n) is 7.69. The van der Waals surface area contributed by atoms with Gasteiger partial charge in [-0.2, -0.15) is 13.2 Å². The number of nitrogens with zero attached hydrogens (tertiary/aromatic N) is 1. The topological polar surface area (TPSA) is 42.0 Å². The summed E-state index contributed by atoms with van der Waals surface area (Å²) in [7, 11) is 0. The molecule has 1 aromatic heterocycles. The molecule has 1 N–H and O–H groups in total. The molecule has 2 aliphatic carbocycles. The van der Waals surface area contributed by atoms with E-state index in [1.54, 1.807) is 0 Å². The number of hydrogen-bond acceptors (Lipinski definition) is 3. The van der Waals surface area contributed by atoms with Crippen molar-refractivity contribution >= 4 is 32.6 Å². The summed E-state index contributed by atoms with van der Waals surface area (Å²) in [5.74, 6) is 1.13. The fraction of sp³-hybridized carbons (Fsp3) is 0.500. The van der Waals surface area contributed by atoms with Gasteiger partial charge >= 0.3 is 6.18 Å². The third kappa shape index (κ3) is 2.71. The number of fused-ring (bicyclic) bond motifs is 3. The van der Waals surface area contributed by atoms with Gasteiger partial charge in [0, 0.05) is 5.92 Å². The Morgan fingerprint density at radius 1 is 1.26 bits per heavy atom. The van der Waals surface area contributed by atoms with E-state index in [1.807, 2.05) is 0 Å². The maximum absolute atomic E-state index is 12.7. The van der Waals surface area contributed by atoms with Gasteiger partial charge < -0.3 is 5.32 Å². The molecule has 4 rings (SSSR count). The monoisotopic (exact) mass is 340 g/mol. The molecule has 0 aliphatic heterocycles. The fourth-order valence-corrected chi connectivity index (χ4v) is 4.83. The van der Waals surface area contributed by atoms with Crippen molar-refractivity contribution in [2.45, 2.75) is 31.9 Å². The molecule has 3 atom stereocenters. The second-order valence-electron chi connectivity index (χ2n) is 6.47. The molecule has 2 saturated carbocycles. The number of anilines is 1. The number of halogens is 3. The average Bonchev–Trinajstić information content (AvgIpc) is 3.19.